The van der Waals surface area contributed by atoms with Crippen LogP contribution in [0, 0.1) is 0 Å². The van der Waals surface area contributed by atoms with Gasteiger partial charge >= 0.3 is 0 Å². The van der Waals surface area contributed by atoms with Crippen molar-refractivity contribution in [3.63, 3.8) is 0 Å². The molecule has 4 heteroatoms. The molecule has 1 fully saturated rings. The van der Waals surface area contributed by atoms with Gasteiger partial charge < -0.3 is 14.9 Å². The van der Waals surface area contributed by atoms with Crippen molar-refractivity contribution < 1.29 is 14.9 Å². The summed E-state index contributed by atoms with van der Waals surface area (Å²) in [5.41, 5.74) is 3.82. The number of aromatic hydroxyl groups is 2. The molecule has 1 aliphatic rings. The Kier molecular flexibility index (Phi) is 5.07. The number of morpholine rings is 1. The first-order chi connectivity index (χ1) is 11.6. The highest BCUT2D eigenvalue weighted by atomic mass is 16.5. The minimum absolute atomic E-state index is 0.117. The molecule has 0 radical (unpaired) electrons. The lowest BCUT2D eigenvalue weighted by Crippen LogP contribution is -2.35. The van der Waals surface area contributed by atoms with Crippen molar-refractivity contribution in [1.82, 2.24) is 4.90 Å². The quantitative estimate of drug-likeness (QED) is 0.898. The molecule has 2 aromatic carbocycles. The molecule has 0 atom stereocenters. The molecule has 24 heavy (non-hydrogen) atoms. The van der Waals surface area contributed by atoms with E-state index in [0.717, 1.165) is 49.5 Å². The number of rotatable bonds is 4. The Morgan fingerprint density at radius 2 is 1.71 bits per heavy atom. The lowest BCUT2D eigenvalue weighted by atomic mass is 9.93. The summed E-state index contributed by atoms with van der Waals surface area (Å²) < 4.78 is 5.42. The first-order valence-electron chi connectivity index (χ1n) is 8.50. The second-order valence-electron chi connectivity index (χ2n) is 6.63. The van der Waals surface area contributed by atoms with E-state index >= 15 is 0 Å². The fourth-order valence-electron chi connectivity index (χ4n) is 3.19. The molecule has 2 aromatic rings. The second-order valence-corrected chi connectivity index (χ2v) is 6.63. The predicted molar refractivity (Wildman–Crippen MR) is 95.4 cm³/mol. The van der Waals surface area contributed by atoms with Crippen LogP contribution >= 0.6 is 0 Å². The van der Waals surface area contributed by atoms with Gasteiger partial charge in [0.05, 0.1) is 13.2 Å². The summed E-state index contributed by atoms with van der Waals surface area (Å²) in [5, 5.41) is 20.5. The Balaban J connectivity index is 1.99. The van der Waals surface area contributed by atoms with Crippen molar-refractivity contribution in [3.8, 4) is 22.6 Å². The third-order valence-corrected chi connectivity index (χ3v) is 4.57. The van der Waals surface area contributed by atoms with Gasteiger partial charge in [0.15, 0.2) is 0 Å². The Bertz CT molecular complexity index is 706. The van der Waals surface area contributed by atoms with Crippen molar-refractivity contribution in [1.29, 1.82) is 0 Å². The van der Waals surface area contributed by atoms with Crippen LogP contribution in [0.1, 0.15) is 30.9 Å². The van der Waals surface area contributed by atoms with Gasteiger partial charge in [0.1, 0.15) is 11.5 Å². The van der Waals surface area contributed by atoms with Crippen LogP contribution in [0.15, 0.2) is 36.4 Å². The molecule has 4 nitrogen and oxygen atoms in total. The maximum Gasteiger partial charge on any atom is 0.127 e. The molecule has 1 saturated heterocycles. The zero-order valence-electron chi connectivity index (χ0n) is 14.3. The lowest BCUT2D eigenvalue weighted by Gasteiger charge is -2.27. The molecule has 0 bridgehead atoms. The number of hydrogen-bond donors (Lipinski definition) is 2. The van der Waals surface area contributed by atoms with E-state index in [4.69, 9.17) is 4.74 Å². The van der Waals surface area contributed by atoms with Gasteiger partial charge in [-0.3, -0.25) is 4.90 Å². The molecule has 128 valence electrons. The molecule has 0 unspecified atom stereocenters. The van der Waals surface area contributed by atoms with E-state index in [9.17, 15) is 10.2 Å². The van der Waals surface area contributed by atoms with E-state index in [1.807, 2.05) is 38.1 Å². The number of nitrogens with zero attached hydrogens (tertiary/aromatic N) is 1. The van der Waals surface area contributed by atoms with Crippen molar-refractivity contribution >= 4 is 0 Å². The smallest absolute Gasteiger partial charge is 0.127 e. The van der Waals surface area contributed by atoms with E-state index in [0.29, 0.717) is 0 Å². The SMILES string of the molecule is CC(C)c1cc(-c2ccccc2CN2CCOCC2)c(O)cc1O. The van der Waals surface area contributed by atoms with Crippen molar-refractivity contribution in [2.45, 2.75) is 26.3 Å². The summed E-state index contributed by atoms with van der Waals surface area (Å²) >= 11 is 0. The highest BCUT2D eigenvalue weighted by molar-refractivity contribution is 5.75. The molecule has 0 aliphatic carbocycles. The third kappa shape index (κ3) is 3.55. The van der Waals surface area contributed by atoms with Crippen LogP contribution in [0.25, 0.3) is 11.1 Å². The van der Waals surface area contributed by atoms with Crippen LogP contribution in [-0.2, 0) is 11.3 Å². The fraction of sp³-hybridized carbons (Fsp3) is 0.400. The summed E-state index contributed by atoms with van der Waals surface area (Å²) in [4.78, 5) is 2.36. The Hall–Kier alpha value is -2.04. The van der Waals surface area contributed by atoms with Gasteiger partial charge in [-0.25, -0.2) is 0 Å². The number of ether oxygens (including phenoxy) is 1. The zero-order valence-corrected chi connectivity index (χ0v) is 14.3. The molecule has 1 heterocycles. The minimum atomic E-state index is 0.117. The third-order valence-electron chi connectivity index (χ3n) is 4.57. The lowest BCUT2D eigenvalue weighted by molar-refractivity contribution is 0.0342. The first kappa shape index (κ1) is 16.8. The van der Waals surface area contributed by atoms with Gasteiger partial charge in [-0.1, -0.05) is 38.1 Å². The monoisotopic (exact) mass is 327 g/mol. The Labute approximate surface area is 143 Å². The topological polar surface area (TPSA) is 52.9 Å². The number of benzene rings is 2. The highest BCUT2D eigenvalue weighted by Crippen LogP contribution is 2.39. The van der Waals surface area contributed by atoms with Crippen LogP contribution in [-0.4, -0.2) is 41.4 Å². The van der Waals surface area contributed by atoms with Gasteiger partial charge in [-0.15, -0.1) is 0 Å². The Morgan fingerprint density at radius 3 is 2.42 bits per heavy atom. The minimum Gasteiger partial charge on any atom is -0.508 e. The second kappa shape index (κ2) is 7.24. The van der Waals surface area contributed by atoms with E-state index in [1.54, 1.807) is 0 Å². The number of phenolic OH excluding ortho intramolecular Hbond substituents is 2. The summed E-state index contributed by atoms with van der Waals surface area (Å²) in [6.07, 6.45) is 0. The van der Waals surface area contributed by atoms with Crippen LogP contribution in [0.4, 0.5) is 0 Å². The van der Waals surface area contributed by atoms with Gasteiger partial charge in [0.25, 0.3) is 0 Å². The summed E-state index contributed by atoms with van der Waals surface area (Å²) in [6.45, 7) is 8.29. The van der Waals surface area contributed by atoms with Gasteiger partial charge in [0, 0.05) is 31.3 Å². The molecule has 1 aliphatic heterocycles. The maximum absolute atomic E-state index is 10.4. The van der Waals surface area contributed by atoms with Crippen molar-refractivity contribution in [3.05, 3.63) is 47.5 Å². The first-order valence-corrected chi connectivity index (χ1v) is 8.50. The number of hydrogen-bond acceptors (Lipinski definition) is 4. The Morgan fingerprint density at radius 1 is 1.00 bits per heavy atom. The van der Waals surface area contributed by atoms with Gasteiger partial charge in [-0.2, -0.15) is 0 Å². The molecule has 3 rings (SSSR count). The maximum atomic E-state index is 10.4. The molecular weight excluding hydrogens is 302 g/mol. The van der Waals surface area contributed by atoms with E-state index in [2.05, 4.69) is 11.0 Å². The van der Waals surface area contributed by atoms with E-state index < -0.39 is 0 Å². The van der Waals surface area contributed by atoms with Crippen molar-refractivity contribution in [2.75, 3.05) is 26.3 Å². The molecule has 2 N–H and O–H groups in total. The zero-order chi connectivity index (χ0) is 17.1. The van der Waals surface area contributed by atoms with Gasteiger partial charge in [0.2, 0.25) is 0 Å². The standard InChI is InChI=1S/C20H25NO3/c1-14(2)17-11-18(20(23)12-19(17)22)16-6-4-3-5-15(16)13-21-7-9-24-10-8-21/h3-6,11-12,14,22-23H,7-10,13H2,1-2H3. The predicted octanol–water partition coefficient (Wildman–Crippen LogP) is 3.72. The normalized spacial score (nSPS) is 15.8. The van der Waals surface area contributed by atoms with Crippen LogP contribution in [0.3, 0.4) is 0 Å². The molecule has 0 saturated carbocycles. The van der Waals surface area contributed by atoms with Crippen LogP contribution in [0.5, 0.6) is 11.5 Å². The van der Waals surface area contributed by atoms with Crippen LogP contribution < -0.4 is 0 Å². The largest absolute Gasteiger partial charge is 0.508 e. The van der Waals surface area contributed by atoms with Crippen molar-refractivity contribution in [2.24, 2.45) is 0 Å². The average Bonchev–Trinajstić information content (AvgIpc) is 2.56. The van der Waals surface area contributed by atoms with Crippen LogP contribution in [0.2, 0.25) is 0 Å². The highest BCUT2D eigenvalue weighted by Gasteiger charge is 2.17. The molecule has 0 amide bonds. The summed E-state index contributed by atoms with van der Waals surface area (Å²) in [6, 6.07) is 11.5. The average molecular weight is 327 g/mol. The van der Waals surface area contributed by atoms with Gasteiger partial charge in [-0.05, 0) is 28.7 Å². The van der Waals surface area contributed by atoms with E-state index in [1.165, 1.54) is 11.6 Å². The summed E-state index contributed by atoms with van der Waals surface area (Å²) in [7, 11) is 0. The molecular formula is C20H25NO3. The molecule has 0 aromatic heterocycles. The summed E-state index contributed by atoms with van der Waals surface area (Å²) in [5.74, 6) is 0.457. The molecule has 0 spiro atoms. The van der Waals surface area contributed by atoms with E-state index in [-0.39, 0.29) is 17.4 Å². The number of phenols is 2. The fourth-order valence-corrected chi connectivity index (χ4v) is 3.19.